The lowest BCUT2D eigenvalue weighted by molar-refractivity contribution is -0.225. The summed E-state index contributed by atoms with van der Waals surface area (Å²) < 4.78 is 11.9. The number of likely N-dealkylation sites (N-methyl/N-ethyl adjacent to an activating group) is 1. The Morgan fingerprint density at radius 1 is 1.24 bits per heavy atom. The molecule has 1 amide bonds. The number of aromatic nitrogens is 1. The number of aliphatic hydroxyl groups is 2. The lowest BCUT2D eigenvalue weighted by Crippen LogP contribution is -2.58. The predicted octanol–water partition coefficient (Wildman–Crippen LogP) is 3.16. The molecule has 2 fully saturated rings. The molecule has 2 aliphatic heterocycles. The molecule has 178 valence electrons. The highest BCUT2D eigenvalue weighted by Gasteiger charge is 2.55. The Bertz CT molecular complexity index is 970. The van der Waals surface area contributed by atoms with Crippen molar-refractivity contribution in [3.63, 3.8) is 0 Å². The van der Waals surface area contributed by atoms with E-state index in [0.717, 1.165) is 6.42 Å². The number of pyridine rings is 1. The van der Waals surface area contributed by atoms with Gasteiger partial charge in [0.15, 0.2) is 0 Å². The van der Waals surface area contributed by atoms with Crippen LogP contribution in [-0.2, 0) is 4.74 Å². The number of ether oxygens (including phenoxy) is 2. The van der Waals surface area contributed by atoms with Gasteiger partial charge in [-0.25, -0.2) is 4.98 Å². The molecule has 0 saturated carbocycles. The first-order valence-corrected chi connectivity index (χ1v) is 11.6. The van der Waals surface area contributed by atoms with E-state index in [1.807, 2.05) is 25.1 Å². The van der Waals surface area contributed by atoms with Gasteiger partial charge in [0, 0.05) is 19.9 Å². The van der Waals surface area contributed by atoms with Crippen molar-refractivity contribution in [2.45, 2.75) is 68.3 Å². The number of amides is 1. The fraction of sp³-hybridized carbons (Fsp3) is 0.538. The summed E-state index contributed by atoms with van der Waals surface area (Å²) in [5.74, 6) is 0.212. The average molecular weight is 455 g/mol. The van der Waals surface area contributed by atoms with E-state index in [9.17, 15) is 15.0 Å². The van der Waals surface area contributed by atoms with Crippen LogP contribution >= 0.6 is 0 Å². The maximum atomic E-state index is 13.4. The van der Waals surface area contributed by atoms with Gasteiger partial charge in [0.1, 0.15) is 11.7 Å². The van der Waals surface area contributed by atoms with Gasteiger partial charge in [-0.1, -0.05) is 30.3 Å². The molecule has 0 aliphatic carbocycles. The van der Waals surface area contributed by atoms with Gasteiger partial charge in [-0.2, -0.15) is 0 Å². The van der Waals surface area contributed by atoms with Crippen LogP contribution in [0.2, 0.25) is 0 Å². The van der Waals surface area contributed by atoms with Crippen LogP contribution < -0.4 is 4.74 Å². The molecule has 5 atom stereocenters. The molecule has 0 spiro atoms. The number of hydrogen-bond acceptors (Lipinski definition) is 6. The van der Waals surface area contributed by atoms with E-state index in [2.05, 4.69) is 17.1 Å². The lowest BCUT2D eigenvalue weighted by Gasteiger charge is -2.50. The Balaban J connectivity index is 1.66. The normalized spacial score (nSPS) is 31.5. The zero-order valence-corrected chi connectivity index (χ0v) is 19.6. The van der Waals surface area contributed by atoms with Gasteiger partial charge in [0.05, 0.1) is 24.4 Å². The number of carbonyl (C=O) groups is 1. The Morgan fingerprint density at radius 2 is 2.00 bits per heavy atom. The summed E-state index contributed by atoms with van der Waals surface area (Å²) in [6.07, 6.45) is 3.83. The Morgan fingerprint density at radius 3 is 2.70 bits per heavy atom. The largest absolute Gasteiger partial charge is 0.480 e. The first kappa shape index (κ1) is 23.7. The molecular weight excluding hydrogens is 420 g/mol. The first-order valence-electron chi connectivity index (χ1n) is 11.6. The van der Waals surface area contributed by atoms with Gasteiger partial charge >= 0.3 is 0 Å². The number of methoxy groups -OCH3 is 1. The zero-order chi connectivity index (χ0) is 23.6. The van der Waals surface area contributed by atoms with Crippen LogP contribution in [0.25, 0.3) is 0 Å². The second-order valence-corrected chi connectivity index (χ2v) is 9.61. The number of aliphatic hydroxyl groups excluding tert-OH is 2. The minimum atomic E-state index is -0.888. The average Bonchev–Trinajstić information content (AvgIpc) is 2.90. The molecule has 1 aromatic carbocycles. The third-order valence-corrected chi connectivity index (χ3v) is 7.46. The van der Waals surface area contributed by atoms with Gasteiger partial charge in [0.2, 0.25) is 5.88 Å². The standard InChI is InChI=1S/C26H34N2O5/c1-25-16-19(18-8-5-4-6-9-18)17-26(33-25,13-15-29)12-11-21(22(25)30)28(2)24(31)20-10-7-14-27-23(20)32-3/h4-10,14,19,21-22,29-30H,11-13,15-17H2,1-3H3/t19-,21+,22-,25+,26-/m1/s1. The van der Waals surface area contributed by atoms with Crippen molar-refractivity contribution in [2.24, 2.45) is 0 Å². The van der Waals surface area contributed by atoms with E-state index in [0.29, 0.717) is 31.2 Å². The van der Waals surface area contributed by atoms with Crippen LogP contribution in [0.1, 0.15) is 60.9 Å². The van der Waals surface area contributed by atoms with Crippen molar-refractivity contribution in [1.29, 1.82) is 0 Å². The third-order valence-electron chi connectivity index (χ3n) is 7.46. The number of nitrogens with zero attached hydrogens (tertiary/aromatic N) is 2. The molecule has 0 radical (unpaired) electrons. The fourth-order valence-corrected chi connectivity index (χ4v) is 5.80. The molecule has 2 bridgehead atoms. The van der Waals surface area contributed by atoms with E-state index in [1.54, 1.807) is 30.3 Å². The molecule has 2 N–H and O–H groups in total. The predicted molar refractivity (Wildman–Crippen MR) is 124 cm³/mol. The van der Waals surface area contributed by atoms with Crippen molar-refractivity contribution < 1.29 is 24.5 Å². The van der Waals surface area contributed by atoms with Crippen LogP contribution in [0.3, 0.4) is 0 Å². The molecule has 2 aromatic rings. The van der Waals surface area contributed by atoms with Crippen molar-refractivity contribution in [2.75, 3.05) is 20.8 Å². The van der Waals surface area contributed by atoms with Crippen molar-refractivity contribution >= 4 is 5.91 Å². The first-order chi connectivity index (χ1) is 15.8. The molecule has 7 heteroatoms. The zero-order valence-electron chi connectivity index (χ0n) is 19.6. The monoisotopic (exact) mass is 454 g/mol. The van der Waals surface area contributed by atoms with Crippen molar-refractivity contribution in [3.8, 4) is 5.88 Å². The highest BCUT2D eigenvalue weighted by atomic mass is 16.5. The highest BCUT2D eigenvalue weighted by molar-refractivity contribution is 5.96. The summed E-state index contributed by atoms with van der Waals surface area (Å²) in [7, 11) is 3.20. The van der Waals surface area contributed by atoms with Crippen LogP contribution in [0.4, 0.5) is 0 Å². The Labute approximate surface area is 195 Å². The topological polar surface area (TPSA) is 92.1 Å². The Hall–Kier alpha value is -2.48. The van der Waals surface area contributed by atoms with Crippen LogP contribution in [0.5, 0.6) is 5.88 Å². The SMILES string of the molecule is COc1ncccc1C(=O)N(C)[C@H]1CC[C@@]2(CCO)C[C@H](c3ccccc3)C[C@](C)(O2)[C@@H]1O. The summed E-state index contributed by atoms with van der Waals surface area (Å²) in [6, 6.07) is 13.2. The van der Waals surface area contributed by atoms with Crippen molar-refractivity contribution in [1.82, 2.24) is 9.88 Å². The number of carbonyl (C=O) groups excluding carboxylic acids is 1. The molecule has 2 aliphatic rings. The van der Waals surface area contributed by atoms with E-state index >= 15 is 0 Å². The molecule has 7 nitrogen and oxygen atoms in total. The van der Waals surface area contributed by atoms with Gasteiger partial charge in [-0.05, 0) is 62.6 Å². The quantitative estimate of drug-likeness (QED) is 0.697. The van der Waals surface area contributed by atoms with E-state index in [1.165, 1.54) is 12.7 Å². The van der Waals surface area contributed by atoms with Crippen LogP contribution in [-0.4, -0.2) is 70.1 Å². The summed E-state index contributed by atoms with van der Waals surface area (Å²) in [5, 5.41) is 21.5. The lowest BCUT2D eigenvalue weighted by atomic mass is 9.73. The van der Waals surface area contributed by atoms with Crippen LogP contribution in [0.15, 0.2) is 48.7 Å². The third kappa shape index (κ3) is 4.50. The van der Waals surface area contributed by atoms with Gasteiger partial charge in [-0.15, -0.1) is 0 Å². The smallest absolute Gasteiger partial charge is 0.259 e. The molecule has 1 aromatic heterocycles. The van der Waals surface area contributed by atoms with E-state index < -0.39 is 23.3 Å². The van der Waals surface area contributed by atoms with E-state index in [4.69, 9.17) is 9.47 Å². The summed E-state index contributed by atoms with van der Waals surface area (Å²) in [5.41, 5.74) is 0.168. The molecule has 4 rings (SSSR count). The Kier molecular flexibility index (Phi) is 6.75. The number of benzene rings is 1. The van der Waals surface area contributed by atoms with Crippen molar-refractivity contribution in [3.05, 3.63) is 59.8 Å². The summed E-state index contributed by atoms with van der Waals surface area (Å²) in [6.45, 7) is 1.96. The second kappa shape index (κ2) is 9.41. The number of fused-ring (bicyclic) bond motifs is 2. The van der Waals surface area contributed by atoms with Gasteiger partial charge < -0.3 is 24.6 Å². The van der Waals surface area contributed by atoms with E-state index in [-0.39, 0.29) is 24.3 Å². The van der Waals surface area contributed by atoms with Gasteiger partial charge in [0.25, 0.3) is 5.91 Å². The minimum Gasteiger partial charge on any atom is -0.480 e. The summed E-state index contributed by atoms with van der Waals surface area (Å²) in [4.78, 5) is 19.1. The summed E-state index contributed by atoms with van der Waals surface area (Å²) >= 11 is 0. The maximum absolute atomic E-state index is 13.4. The van der Waals surface area contributed by atoms with Crippen LogP contribution in [0, 0.1) is 0 Å². The molecule has 0 unspecified atom stereocenters. The minimum absolute atomic E-state index is 0.0139. The number of rotatable bonds is 6. The second-order valence-electron chi connectivity index (χ2n) is 9.61. The number of hydrogen-bond donors (Lipinski definition) is 2. The van der Waals surface area contributed by atoms with Gasteiger partial charge in [-0.3, -0.25) is 4.79 Å². The molecule has 2 saturated heterocycles. The molecule has 3 heterocycles. The molecule has 33 heavy (non-hydrogen) atoms. The fourth-order valence-electron chi connectivity index (χ4n) is 5.80. The highest BCUT2D eigenvalue weighted by Crippen LogP contribution is 2.51. The maximum Gasteiger partial charge on any atom is 0.259 e. The molecular formula is C26H34N2O5.